The number of carbonyl (C=O) groups excluding carboxylic acids is 1. The van der Waals surface area contributed by atoms with Gasteiger partial charge >= 0.3 is 0 Å². The molecule has 0 aromatic heterocycles. The fourth-order valence-electron chi connectivity index (χ4n) is 1.53. The zero-order valence-corrected chi connectivity index (χ0v) is 8.42. The van der Waals surface area contributed by atoms with Crippen LogP contribution in [-0.4, -0.2) is 37.1 Å². The first-order valence-electron chi connectivity index (χ1n) is 5.20. The zero-order valence-electron chi connectivity index (χ0n) is 8.42. The number of likely N-dealkylation sites (tertiary alicyclic amines) is 1. The third-order valence-corrected chi connectivity index (χ3v) is 2.27. The Morgan fingerprint density at radius 1 is 1.31 bits per heavy atom. The van der Waals surface area contributed by atoms with E-state index in [0.29, 0.717) is 13.0 Å². The fourth-order valence-corrected chi connectivity index (χ4v) is 1.53. The predicted molar refractivity (Wildman–Crippen MR) is 51.5 cm³/mol. The van der Waals surface area contributed by atoms with Crippen molar-refractivity contribution in [1.29, 1.82) is 0 Å². The molecule has 1 aliphatic heterocycles. The van der Waals surface area contributed by atoms with E-state index in [0.717, 1.165) is 26.1 Å². The molecule has 3 nitrogen and oxygen atoms in total. The minimum atomic E-state index is 0.258. The molecule has 1 fully saturated rings. The zero-order chi connectivity index (χ0) is 9.52. The van der Waals surface area contributed by atoms with Crippen LogP contribution >= 0.6 is 0 Å². The average Bonchev–Trinajstić information content (AvgIpc) is 2.65. The van der Waals surface area contributed by atoms with Gasteiger partial charge in [-0.05, 0) is 19.3 Å². The Morgan fingerprint density at radius 3 is 2.62 bits per heavy atom. The molecule has 1 saturated heterocycles. The van der Waals surface area contributed by atoms with Gasteiger partial charge in [0.15, 0.2) is 0 Å². The van der Waals surface area contributed by atoms with Crippen molar-refractivity contribution in [3.63, 3.8) is 0 Å². The normalized spacial score (nSPS) is 16.5. The summed E-state index contributed by atoms with van der Waals surface area (Å²) in [6.07, 6.45) is 3.92. The highest BCUT2D eigenvalue weighted by Gasteiger charge is 2.16. The third-order valence-electron chi connectivity index (χ3n) is 2.27. The minimum absolute atomic E-state index is 0.258. The molecule has 0 saturated carbocycles. The molecule has 0 bridgehead atoms. The molecule has 0 spiro atoms. The largest absolute Gasteiger partial charge is 0.381 e. The number of amides is 1. The highest BCUT2D eigenvalue weighted by molar-refractivity contribution is 5.76. The molecule has 0 aromatic carbocycles. The number of carbonyl (C=O) groups is 1. The van der Waals surface area contributed by atoms with E-state index in [1.54, 1.807) is 0 Å². The number of hydrogen-bond donors (Lipinski definition) is 0. The van der Waals surface area contributed by atoms with Gasteiger partial charge in [0.2, 0.25) is 5.91 Å². The standard InChI is InChI=1S/C10H19NO2/c1-2-8-13-9-5-10(12)11-6-3-4-7-11/h2-9H2,1H3. The van der Waals surface area contributed by atoms with Gasteiger partial charge in [0, 0.05) is 19.7 Å². The average molecular weight is 185 g/mol. The third kappa shape index (κ3) is 3.77. The van der Waals surface area contributed by atoms with Crippen molar-refractivity contribution in [3.8, 4) is 0 Å². The Bertz CT molecular complexity index is 153. The van der Waals surface area contributed by atoms with Crippen molar-refractivity contribution < 1.29 is 9.53 Å². The van der Waals surface area contributed by atoms with Gasteiger partial charge in [0.05, 0.1) is 13.0 Å². The Kier molecular flexibility index (Phi) is 4.83. The van der Waals surface area contributed by atoms with Gasteiger partial charge in [-0.15, -0.1) is 0 Å². The topological polar surface area (TPSA) is 29.5 Å². The highest BCUT2D eigenvalue weighted by atomic mass is 16.5. The van der Waals surface area contributed by atoms with Crippen LogP contribution in [0.3, 0.4) is 0 Å². The summed E-state index contributed by atoms with van der Waals surface area (Å²) in [5.74, 6) is 0.258. The number of rotatable bonds is 5. The van der Waals surface area contributed by atoms with E-state index in [-0.39, 0.29) is 5.91 Å². The molecule has 0 aliphatic carbocycles. The Balaban J connectivity index is 2.03. The summed E-state index contributed by atoms with van der Waals surface area (Å²) < 4.78 is 5.27. The van der Waals surface area contributed by atoms with Gasteiger partial charge in [-0.25, -0.2) is 0 Å². The van der Waals surface area contributed by atoms with Crippen LogP contribution in [0.5, 0.6) is 0 Å². The van der Waals surface area contributed by atoms with Gasteiger partial charge in [-0.1, -0.05) is 6.92 Å². The van der Waals surface area contributed by atoms with E-state index < -0.39 is 0 Å². The van der Waals surface area contributed by atoms with Crippen LogP contribution in [0, 0.1) is 0 Å². The summed E-state index contributed by atoms with van der Waals surface area (Å²) >= 11 is 0. The molecule has 76 valence electrons. The Morgan fingerprint density at radius 2 is 2.00 bits per heavy atom. The summed E-state index contributed by atoms with van der Waals surface area (Å²) in [6, 6.07) is 0. The molecule has 0 aromatic rings. The van der Waals surface area contributed by atoms with Crippen molar-refractivity contribution in [2.24, 2.45) is 0 Å². The molecule has 0 N–H and O–H groups in total. The lowest BCUT2D eigenvalue weighted by atomic mass is 10.4. The van der Waals surface area contributed by atoms with Crippen molar-refractivity contribution in [3.05, 3.63) is 0 Å². The first-order valence-corrected chi connectivity index (χ1v) is 5.20. The predicted octanol–water partition coefficient (Wildman–Crippen LogP) is 1.43. The number of nitrogens with zero attached hydrogens (tertiary/aromatic N) is 1. The number of hydrogen-bond acceptors (Lipinski definition) is 2. The Labute approximate surface area is 80.1 Å². The molecule has 1 aliphatic rings. The van der Waals surface area contributed by atoms with Crippen LogP contribution in [0.1, 0.15) is 32.6 Å². The van der Waals surface area contributed by atoms with Crippen LogP contribution in [0.4, 0.5) is 0 Å². The Hall–Kier alpha value is -0.570. The SMILES string of the molecule is CCCOCCC(=O)N1CCCC1. The molecule has 3 heteroatoms. The van der Waals surface area contributed by atoms with Crippen molar-refractivity contribution in [2.75, 3.05) is 26.3 Å². The van der Waals surface area contributed by atoms with Gasteiger partial charge in [0.1, 0.15) is 0 Å². The maximum Gasteiger partial charge on any atom is 0.224 e. The van der Waals surface area contributed by atoms with E-state index in [4.69, 9.17) is 4.74 Å². The second kappa shape index (κ2) is 5.97. The van der Waals surface area contributed by atoms with Gasteiger partial charge < -0.3 is 9.64 Å². The van der Waals surface area contributed by atoms with Crippen LogP contribution in [0.2, 0.25) is 0 Å². The summed E-state index contributed by atoms with van der Waals surface area (Å²) in [7, 11) is 0. The summed E-state index contributed by atoms with van der Waals surface area (Å²) in [5, 5.41) is 0. The summed E-state index contributed by atoms with van der Waals surface area (Å²) in [6.45, 7) is 5.33. The molecule has 13 heavy (non-hydrogen) atoms. The van der Waals surface area contributed by atoms with Gasteiger partial charge in [0.25, 0.3) is 0 Å². The van der Waals surface area contributed by atoms with E-state index in [1.165, 1.54) is 12.8 Å². The lowest BCUT2D eigenvalue weighted by Crippen LogP contribution is -2.28. The van der Waals surface area contributed by atoms with E-state index in [2.05, 4.69) is 6.92 Å². The quantitative estimate of drug-likeness (QED) is 0.606. The maximum absolute atomic E-state index is 11.5. The first kappa shape index (κ1) is 10.5. The van der Waals surface area contributed by atoms with Crippen LogP contribution in [0.25, 0.3) is 0 Å². The summed E-state index contributed by atoms with van der Waals surface area (Å²) in [5.41, 5.74) is 0. The highest BCUT2D eigenvalue weighted by Crippen LogP contribution is 2.08. The second-order valence-electron chi connectivity index (χ2n) is 3.45. The minimum Gasteiger partial charge on any atom is -0.381 e. The van der Waals surface area contributed by atoms with Crippen LogP contribution in [-0.2, 0) is 9.53 Å². The molecular formula is C10H19NO2. The van der Waals surface area contributed by atoms with Crippen molar-refractivity contribution in [2.45, 2.75) is 32.6 Å². The lowest BCUT2D eigenvalue weighted by molar-refractivity contribution is -0.131. The monoisotopic (exact) mass is 185 g/mol. The summed E-state index contributed by atoms with van der Waals surface area (Å²) in [4.78, 5) is 13.4. The van der Waals surface area contributed by atoms with Crippen LogP contribution < -0.4 is 0 Å². The lowest BCUT2D eigenvalue weighted by Gasteiger charge is -2.14. The van der Waals surface area contributed by atoms with Gasteiger partial charge in [-0.2, -0.15) is 0 Å². The molecule has 0 radical (unpaired) electrons. The van der Waals surface area contributed by atoms with E-state index >= 15 is 0 Å². The first-order chi connectivity index (χ1) is 6.34. The van der Waals surface area contributed by atoms with E-state index in [9.17, 15) is 4.79 Å². The van der Waals surface area contributed by atoms with E-state index in [1.807, 2.05) is 4.90 Å². The second-order valence-corrected chi connectivity index (χ2v) is 3.45. The van der Waals surface area contributed by atoms with Gasteiger partial charge in [-0.3, -0.25) is 4.79 Å². The fraction of sp³-hybridized carbons (Fsp3) is 0.900. The molecular weight excluding hydrogens is 166 g/mol. The molecule has 0 atom stereocenters. The van der Waals surface area contributed by atoms with Crippen molar-refractivity contribution in [1.82, 2.24) is 4.90 Å². The van der Waals surface area contributed by atoms with Crippen LogP contribution in [0.15, 0.2) is 0 Å². The number of ether oxygens (including phenoxy) is 1. The maximum atomic E-state index is 11.5. The molecule has 1 heterocycles. The molecule has 0 unspecified atom stereocenters. The molecule has 1 rings (SSSR count). The van der Waals surface area contributed by atoms with Crippen molar-refractivity contribution >= 4 is 5.91 Å². The molecule has 1 amide bonds. The smallest absolute Gasteiger partial charge is 0.224 e.